The number of alkyl carbamates (subject to hydrolysis) is 1. The number of rotatable bonds is 10. The molecule has 1 heterocycles. The van der Waals surface area contributed by atoms with Crippen LogP contribution in [0.3, 0.4) is 0 Å². The highest BCUT2D eigenvalue weighted by molar-refractivity contribution is 9.10. The number of nitrogens with one attached hydrogen (secondary N) is 2. The molecule has 0 unspecified atom stereocenters. The smallest absolute Gasteiger partial charge is 0.407 e. The van der Waals surface area contributed by atoms with Gasteiger partial charge in [-0.05, 0) is 81.5 Å². The van der Waals surface area contributed by atoms with Crippen molar-refractivity contribution in [3.8, 4) is 5.75 Å². The van der Waals surface area contributed by atoms with Gasteiger partial charge in [0.15, 0.2) is 11.6 Å². The number of benzene rings is 3. The van der Waals surface area contributed by atoms with Crippen LogP contribution in [0.25, 0.3) is 0 Å². The van der Waals surface area contributed by atoms with Gasteiger partial charge in [0.05, 0.1) is 18.2 Å². The second-order valence-electron chi connectivity index (χ2n) is 12.0. The van der Waals surface area contributed by atoms with Gasteiger partial charge in [-0.2, -0.15) is 0 Å². The number of fused-ring (bicyclic) bond motifs is 1. The van der Waals surface area contributed by atoms with Gasteiger partial charge in [-0.1, -0.05) is 57.9 Å². The Balaban J connectivity index is 1.62. The van der Waals surface area contributed by atoms with Crippen molar-refractivity contribution in [2.75, 3.05) is 6.61 Å². The number of aliphatic hydroxyl groups is 2. The molecule has 3 aromatic rings. The Morgan fingerprint density at radius 3 is 2.44 bits per heavy atom. The van der Waals surface area contributed by atoms with Gasteiger partial charge in [0.2, 0.25) is 5.91 Å². The lowest BCUT2D eigenvalue weighted by atomic mass is 9.87. The molecule has 1 aliphatic heterocycles. The number of ether oxygens (including phenoxy) is 2. The minimum absolute atomic E-state index is 0.0468. The zero-order chi connectivity index (χ0) is 32.9. The molecule has 8 nitrogen and oxygen atoms in total. The fourth-order valence-electron chi connectivity index (χ4n) is 5.17. The number of aliphatic hydroxyl groups excluding tert-OH is 2. The van der Waals surface area contributed by atoms with Gasteiger partial charge >= 0.3 is 6.09 Å². The zero-order valence-corrected chi connectivity index (χ0v) is 27.4. The van der Waals surface area contributed by atoms with Crippen LogP contribution >= 0.6 is 27.5 Å². The van der Waals surface area contributed by atoms with Crippen LogP contribution in [0.15, 0.2) is 65.1 Å². The number of halogens is 4. The Labute approximate surface area is 274 Å². The molecule has 0 saturated carbocycles. The van der Waals surface area contributed by atoms with E-state index in [0.29, 0.717) is 0 Å². The van der Waals surface area contributed by atoms with Gasteiger partial charge < -0.3 is 30.3 Å². The van der Waals surface area contributed by atoms with Crippen molar-refractivity contribution in [3.05, 3.63) is 98.5 Å². The lowest BCUT2D eigenvalue weighted by molar-refractivity contribution is -0.128. The number of carbonyl (C=O) groups is 2. The van der Waals surface area contributed by atoms with Crippen molar-refractivity contribution in [1.82, 2.24) is 10.6 Å². The topological polar surface area (TPSA) is 117 Å². The molecule has 5 atom stereocenters. The molecular formula is C33H36BrClF2N2O6. The van der Waals surface area contributed by atoms with Crippen LogP contribution in [0.1, 0.15) is 49.9 Å². The first-order valence-electron chi connectivity index (χ1n) is 14.5. The molecule has 3 aromatic carbocycles. The molecule has 0 fully saturated rings. The van der Waals surface area contributed by atoms with Crippen molar-refractivity contribution in [2.45, 2.75) is 69.9 Å². The Kier molecular flexibility index (Phi) is 11.5. The van der Waals surface area contributed by atoms with Gasteiger partial charge in [-0.25, -0.2) is 13.6 Å². The Hall–Kier alpha value is -3.25. The molecule has 0 saturated heterocycles. The van der Waals surface area contributed by atoms with Gasteiger partial charge in [0, 0.05) is 21.0 Å². The predicted octanol–water partition coefficient (Wildman–Crippen LogP) is 6.04. The summed E-state index contributed by atoms with van der Waals surface area (Å²) in [6, 6.07) is 13.8. The molecule has 1 aliphatic rings. The van der Waals surface area contributed by atoms with Gasteiger partial charge in [-0.3, -0.25) is 4.79 Å². The van der Waals surface area contributed by atoms with E-state index in [4.69, 9.17) is 21.1 Å². The third kappa shape index (κ3) is 9.62. The van der Waals surface area contributed by atoms with E-state index in [1.165, 1.54) is 24.3 Å². The average Bonchev–Trinajstić information content (AvgIpc) is 2.95. The monoisotopic (exact) mass is 708 g/mol. The van der Waals surface area contributed by atoms with Gasteiger partial charge in [-0.15, -0.1) is 0 Å². The summed E-state index contributed by atoms with van der Waals surface area (Å²) in [5.41, 5.74) is 0.385. The van der Waals surface area contributed by atoms with E-state index >= 15 is 0 Å². The summed E-state index contributed by atoms with van der Waals surface area (Å²) < 4.78 is 41.0. The van der Waals surface area contributed by atoms with Crippen LogP contribution < -0.4 is 15.4 Å². The van der Waals surface area contributed by atoms with Crippen molar-refractivity contribution in [1.29, 1.82) is 0 Å². The molecule has 0 spiro atoms. The first kappa shape index (κ1) is 34.6. The van der Waals surface area contributed by atoms with E-state index in [-0.39, 0.29) is 47.8 Å². The quantitative estimate of drug-likeness (QED) is 0.204. The van der Waals surface area contributed by atoms with Crippen LogP contribution in [-0.4, -0.2) is 52.7 Å². The lowest BCUT2D eigenvalue weighted by Gasteiger charge is -2.33. The third-order valence-corrected chi connectivity index (χ3v) is 8.06. The summed E-state index contributed by atoms with van der Waals surface area (Å²) in [4.78, 5) is 26.7. The fraction of sp³-hybridized carbons (Fsp3) is 0.394. The van der Waals surface area contributed by atoms with Crippen molar-refractivity contribution >= 4 is 39.5 Å². The first-order valence-corrected chi connectivity index (χ1v) is 15.6. The van der Waals surface area contributed by atoms with Crippen molar-refractivity contribution in [3.63, 3.8) is 0 Å². The zero-order valence-electron chi connectivity index (χ0n) is 25.0. The largest absolute Gasteiger partial charge is 0.487 e. The van der Waals surface area contributed by atoms with E-state index in [1.54, 1.807) is 26.8 Å². The second kappa shape index (κ2) is 14.9. The molecule has 4 rings (SSSR count). The maximum absolute atomic E-state index is 14.8. The molecule has 0 aliphatic carbocycles. The van der Waals surface area contributed by atoms with Crippen LogP contribution in [0.2, 0.25) is 5.02 Å². The summed E-state index contributed by atoms with van der Waals surface area (Å²) in [5.74, 6) is -3.09. The van der Waals surface area contributed by atoms with Crippen molar-refractivity contribution in [2.24, 2.45) is 5.92 Å². The standard InChI is InChI=1S/C33H36BrClF2N2O6/c1-33(2,3)45-32(43)38-26(12-18-8-10-21(34)11-9-18)27(40)14-20(13-19-6-4-5-7-24(19)36)31(42)39-29-23-15-22(35)16-25(37)30(23)44-17-28(29)41/h4-11,15-16,20,26-29,40-41H,12-14,17H2,1-3H3,(H,38,43)(H,39,42)/t20-,26+,27+,28-,29+/m1/s1. The molecule has 0 bridgehead atoms. The van der Waals surface area contributed by atoms with E-state index in [0.717, 1.165) is 16.1 Å². The Morgan fingerprint density at radius 1 is 1.09 bits per heavy atom. The van der Waals surface area contributed by atoms with Crippen molar-refractivity contribution < 1.29 is 38.1 Å². The molecule has 12 heteroatoms. The Morgan fingerprint density at radius 2 is 1.78 bits per heavy atom. The highest BCUT2D eigenvalue weighted by atomic mass is 79.9. The van der Waals surface area contributed by atoms with Crippen LogP contribution in [-0.2, 0) is 22.4 Å². The van der Waals surface area contributed by atoms with E-state index < -0.39 is 59.4 Å². The summed E-state index contributed by atoms with van der Waals surface area (Å²) in [6.07, 6.45) is -3.39. The summed E-state index contributed by atoms with van der Waals surface area (Å²) >= 11 is 9.46. The highest BCUT2D eigenvalue weighted by Gasteiger charge is 2.36. The first-order chi connectivity index (χ1) is 21.2. The number of hydrogen-bond donors (Lipinski definition) is 4. The summed E-state index contributed by atoms with van der Waals surface area (Å²) in [7, 11) is 0. The number of carbonyl (C=O) groups excluding carboxylic acids is 2. The maximum atomic E-state index is 14.8. The third-order valence-electron chi connectivity index (χ3n) is 7.31. The van der Waals surface area contributed by atoms with Crippen LogP contribution in [0, 0.1) is 17.6 Å². The number of amides is 2. The summed E-state index contributed by atoms with van der Waals surface area (Å²) in [5, 5.41) is 27.8. The molecule has 0 aromatic heterocycles. The summed E-state index contributed by atoms with van der Waals surface area (Å²) in [6.45, 7) is 4.85. The normalized spacial score (nSPS) is 18.2. The molecule has 45 heavy (non-hydrogen) atoms. The molecule has 242 valence electrons. The van der Waals surface area contributed by atoms with Crippen LogP contribution in [0.5, 0.6) is 5.75 Å². The highest BCUT2D eigenvalue weighted by Crippen LogP contribution is 2.37. The van der Waals surface area contributed by atoms with E-state index in [9.17, 15) is 28.6 Å². The number of hydrogen-bond acceptors (Lipinski definition) is 6. The molecule has 2 amide bonds. The maximum Gasteiger partial charge on any atom is 0.407 e. The van der Waals surface area contributed by atoms with E-state index in [1.807, 2.05) is 24.3 Å². The minimum Gasteiger partial charge on any atom is -0.487 e. The minimum atomic E-state index is -1.29. The molecule has 0 radical (unpaired) electrons. The second-order valence-corrected chi connectivity index (χ2v) is 13.4. The SMILES string of the molecule is CC(C)(C)OC(=O)N[C@@H](Cc1ccc(Br)cc1)[C@@H](O)C[C@@H](Cc1ccccc1F)C(=O)N[C@H]1c2cc(Cl)cc(F)c2OC[C@H]1O. The lowest BCUT2D eigenvalue weighted by Crippen LogP contribution is -2.49. The average molecular weight is 710 g/mol. The Bertz CT molecular complexity index is 1500. The van der Waals surface area contributed by atoms with Gasteiger partial charge in [0.25, 0.3) is 0 Å². The van der Waals surface area contributed by atoms with Gasteiger partial charge in [0.1, 0.15) is 24.1 Å². The molecule has 4 N–H and O–H groups in total. The predicted molar refractivity (Wildman–Crippen MR) is 169 cm³/mol. The van der Waals surface area contributed by atoms with E-state index in [2.05, 4.69) is 26.6 Å². The fourth-order valence-corrected chi connectivity index (χ4v) is 5.64. The van der Waals surface area contributed by atoms with Crippen LogP contribution in [0.4, 0.5) is 13.6 Å². The molecular weight excluding hydrogens is 674 g/mol.